The molecule has 1 rings (SSSR count). The zero-order valence-corrected chi connectivity index (χ0v) is 10.7. The summed E-state index contributed by atoms with van der Waals surface area (Å²) >= 11 is 2.19. The predicted octanol–water partition coefficient (Wildman–Crippen LogP) is 3.30. The van der Waals surface area contributed by atoms with E-state index in [9.17, 15) is 0 Å². The van der Waals surface area contributed by atoms with E-state index in [1.165, 1.54) is 31.4 Å². The third-order valence-corrected chi connectivity index (χ3v) is 4.84. The van der Waals surface area contributed by atoms with Crippen LogP contribution in [0, 0.1) is 5.92 Å². The van der Waals surface area contributed by atoms with Gasteiger partial charge in [0.2, 0.25) is 0 Å². The van der Waals surface area contributed by atoms with E-state index in [1.807, 2.05) is 0 Å². The largest absolute Gasteiger partial charge is 0.313 e. The average Bonchev–Trinajstić information content (AvgIpc) is 2.71. The lowest BCUT2D eigenvalue weighted by Gasteiger charge is -2.30. The summed E-state index contributed by atoms with van der Waals surface area (Å²) in [6, 6.07) is 0.766. The molecule has 0 saturated carbocycles. The lowest BCUT2D eigenvalue weighted by molar-refractivity contribution is 0.327. The summed E-state index contributed by atoms with van der Waals surface area (Å²) in [5.41, 5.74) is 0. The zero-order valence-electron chi connectivity index (χ0n) is 9.88. The normalized spacial score (nSPS) is 24.4. The molecular weight excluding hydrogens is 190 g/mol. The van der Waals surface area contributed by atoms with E-state index in [2.05, 4.69) is 37.8 Å². The van der Waals surface area contributed by atoms with E-state index in [-0.39, 0.29) is 0 Å². The molecule has 1 nitrogen and oxygen atoms in total. The first-order valence-corrected chi connectivity index (χ1v) is 7.23. The topological polar surface area (TPSA) is 12.0 Å². The second kappa shape index (κ2) is 6.73. The molecule has 2 unspecified atom stereocenters. The van der Waals surface area contributed by atoms with Crippen molar-refractivity contribution in [1.29, 1.82) is 0 Å². The molecule has 84 valence electrons. The van der Waals surface area contributed by atoms with Crippen molar-refractivity contribution in [2.75, 3.05) is 12.3 Å². The first-order valence-electron chi connectivity index (χ1n) is 6.18. The maximum absolute atomic E-state index is 3.71. The van der Waals surface area contributed by atoms with Crippen molar-refractivity contribution in [3.63, 3.8) is 0 Å². The van der Waals surface area contributed by atoms with Crippen LogP contribution in [0.4, 0.5) is 0 Å². The van der Waals surface area contributed by atoms with Gasteiger partial charge in [-0.25, -0.2) is 0 Å². The Morgan fingerprint density at radius 3 is 2.43 bits per heavy atom. The Hall–Kier alpha value is 0.310. The lowest BCUT2D eigenvalue weighted by atomic mass is 9.90. The molecule has 0 bridgehead atoms. The minimum absolute atomic E-state index is 0.766. The standard InChI is InChI=1S/C12H25NS/c1-4-10(5-2)12(13-6-3)11-8-7-9-14-11/h10-13H,4-9H2,1-3H3. The Bertz CT molecular complexity index is 137. The van der Waals surface area contributed by atoms with Crippen LogP contribution in [-0.2, 0) is 0 Å². The molecule has 14 heavy (non-hydrogen) atoms. The second-order valence-corrected chi connectivity index (χ2v) is 5.56. The Morgan fingerprint density at radius 2 is 2.00 bits per heavy atom. The Labute approximate surface area is 93.4 Å². The molecular formula is C12H25NS. The van der Waals surface area contributed by atoms with Crippen LogP contribution in [0.25, 0.3) is 0 Å². The Morgan fingerprint density at radius 1 is 1.29 bits per heavy atom. The minimum atomic E-state index is 0.766. The molecule has 1 aliphatic heterocycles. The number of thioether (sulfide) groups is 1. The van der Waals surface area contributed by atoms with Gasteiger partial charge in [-0.1, -0.05) is 33.6 Å². The molecule has 0 radical (unpaired) electrons. The van der Waals surface area contributed by atoms with E-state index in [0.29, 0.717) is 0 Å². The van der Waals surface area contributed by atoms with Crippen LogP contribution < -0.4 is 5.32 Å². The highest BCUT2D eigenvalue weighted by Crippen LogP contribution is 2.33. The van der Waals surface area contributed by atoms with Crippen LogP contribution in [0.5, 0.6) is 0 Å². The number of nitrogens with one attached hydrogen (secondary N) is 1. The Balaban J connectivity index is 2.51. The molecule has 0 aromatic carbocycles. The first-order chi connectivity index (χ1) is 6.83. The molecule has 2 heteroatoms. The molecule has 0 aliphatic carbocycles. The Kier molecular flexibility index (Phi) is 5.95. The zero-order chi connectivity index (χ0) is 10.4. The molecule has 0 aromatic rings. The molecule has 1 aliphatic rings. The average molecular weight is 215 g/mol. The van der Waals surface area contributed by atoms with Gasteiger partial charge >= 0.3 is 0 Å². The monoisotopic (exact) mass is 215 g/mol. The fraction of sp³-hybridized carbons (Fsp3) is 1.00. The summed E-state index contributed by atoms with van der Waals surface area (Å²) in [6.07, 6.45) is 5.51. The SMILES string of the molecule is CCNC(C(CC)CC)C1CCCS1. The van der Waals surface area contributed by atoms with Crippen molar-refractivity contribution < 1.29 is 0 Å². The third kappa shape index (κ3) is 3.16. The fourth-order valence-electron chi connectivity index (χ4n) is 2.52. The van der Waals surface area contributed by atoms with Crippen molar-refractivity contribution in [3.05, 3.63) is 0 Å². The van der Waals surface area contributed by atoms with Gasteiger partial charge in [0.1, 0.15) is 0 Å². The quantitative estimate of drug-likeness (QED) is 0.729. The summed E-state index contributed by atoms with van der Waals surface area (Å²) in [7, 11) is 0. The first kappa shape index (κ1) is 12.4. The van der Waals surface area contributed by atoms with E-state index in [1.54, 1.807) is 0 Å². The van der Waals surface area contributed by atoms with Crippen molar-refractivity contribution in [2.24, 2.45) is 5.92 Å². The third-order valence-electron chi connectivity index (χ3n) is 3.36. The van der Waals surface area contributed by atoms with Gasteiger partial charge < -0.3 is 5.32 Å². The smallest absolute Gasteiger partial charge is 0.0214 e. The summed E-state index contributed by atoms with van der Waals surface area (Å²) in [5, 5.41) is 4.59. The molecule has 1 N–H and O–H groups in total. The number of hydrogen-bond acceptors (Lipinski definition) is 2. The molecule has 0 amide bonds. The maximum atomic E-state index is 3.71. The molecule has 0 aromatic heterocycles. The van der Waals surface area contributed by atoms with Crippen LogP contribution in [0.2, 0.25) is 0 Å². The summed E-state index contributed by atoms with van der Waals surface area (Å²) < 4.78 is 0. The van der Waals surface area contributed by atoms with Crippen LogP contribution in [0.15, 0.2) is 0 Å². The lowest BCUT2D eigenvalue weighted by Crippen LogP contribution is -2.42. The van der Waals surface area contributed by atoms with Crippen molar-refractivity contribution in [3.8, 4) is 0 Å². The van der Waals surface area contributed by atoms with Gasteiger partial charge in [0, 0.05) is 11.3 Å². The van der Waals surface area contributed by atoms with E-state index in [4.69, 9.17) is 0 Å². The van der Waals surface area contributed by atoms with Crippen LogP contribution in [0.1, 0.15) is 46.5 Å². The van der Waals surface area contributed by atoms with Crippen LogP contribution in [-0.4, -0.2) is 23.6 Å². The highest BCUT2D eigenvalue weighted by Gasteiger charge is 2.29. The number of rotatable bonds is 6. The van der Waals surface area contributed by atoms with Crippen molar-refractivity contribution in [2.45, 2.75) is 57.7 Å². The second-order valence-electron chi connectivity index (χ2n) is 4.21. The van der Waals surface area contributed by atoms with Crippen LogP contribution >= 0.6 is 11.8 Å². The highest BCUT2D eigenvalue weighted by atomic mass is 32.2. The van der Waals surface area contributed by atoms with E-state index >= 15 is 0 Å². The van der Waals surface area contributed by atoms with Crippen molar-refractivity contribution in [1.82, 2.24) is 5.32 Å². The highest BCUT2D eigenvalue weighted by molar-refractivity contribution is 8.00. The van der Waals surface area contributed by atoms with Gasteiger partial charge in [0.15, 0.2) is 0 Å². The van der Waals surface area contributed by atoms with Gasteiger partial charge in [-0.05, 0) is 31.1 Å². The van der Waals surface area contributed by atoms with Crippen molar-refractivity contribution >= 4 is 11.8 Å². The number of hydrogen-bond donors (Lipinski definition) is 1. The summed E-state index contributed by atoms with van der Waals surface area (Å²) in [4.78, 5) is 0. The van der Waals surface area contributed by atoms with Crippen LogP contribution in [0.3, 0.4) is 0 Å². The van der Waals surface area contributed by atoms with Gasteiger partial charge in [-0.2, -0.15) is 11.8 Å². The van der Waals surface area contributed by atoms with E-state index < -0.39 is 0 Å². The van der Waals surface area contributed by atoms with E-state index in [0.717, 1.165) is 23.8 Å². The predicted molar refractivity (Wildman–Crippen MR) is 67.0 cm³/mol. The van der Waals surface area contributed by atoms with Gasteiger partial charge in [0.25, 0.3) is 0 Å². The minimum Gasteiger partial charge on any atom is -0.313 e. The molecule has 1 heterocycles. The summed E-state index contributed by atoms with van der Waals surface area (Å²) in [5.74, 6) is 2.26. The van der Waals surface area contributed by atoms with Gasteiger partial charge in [-0.3, -0.25) is 0 Å². The molecule has 2 atom stereocenters. The van der Waals surface area contributed by atoms with Gasteiger partial charge in [-0.15, -0.1) is 0 Å². The summed E-state index contributed by atoms with van der Waals surface area (Å²) in [6.45, 7) is 8.02. The molecule has 0 spiro atoms. The molecule has 1 fully saturated rings. The van der Waals surface area contributed by atoms with Gasteiger partial charge in [0.05, 0.1) is 0 Å². The fourth-order valence-corrected chi connectivity index (χ4v) is 4.01. The maximum Gasteiger partial charge on any atom is 0.0214 e. The molecule has 1 saturated heterocycles.